The topological polar surface area (TPSA) is 69.5 Å². The first-order valence-corrected chi connectivity index (χ1v) is 14.2. The van der Waals surface area contributed by atoms with Crippen molar-refractivity contribution < 1.29 is 14.3 Å². The smallest absolute Gasteiger partial charge is 0.264 e. The molecule has 3 heterocycles. The highest BCUT2D eigenvalue weighted by molar-refractivity contribution is 14.1. The number of pyridine rings is 1. The highest BCUT2D eigenvalue weighted by Crippen LogP contribution is 2.31. The predicted octanol–water partition coefficient (Wildman–Crippen LogP) is 7.11. The van der Waals surface area contributed by atoms with Crippen LogP contribution < -0.4 is 9.47 Å². The maximum Gasteiger partial charge on any atom is 0.264 e. The van der Waals surface area contributed by atoms with Gasteiger partial charge in [-0.15, -0.1) is 11.3 Å². The van der Waals surface area contributed by atoms with Gasteiger partial charge in [-0.1, -0.05) is 11.6 Å². The fourth-order valence-electron chi connectivity index (χ4n) is 4.18. The van der Waals surface area contributed by atoms with Crippen LogP contribution in [0.4, 0.5) is 0 Å². The molecule has 0 saturated carbocycles. The van der Waals surface area contributed by atoms with E-state index in [4.69, 9.17) is 26.2 Å². The van der Waals surface area contributed by atoms with Gasteiger partial charge in [0.15, 0.2) is 0 Å². The lowest BCUT2D eigenvalue weighted by Gasteiger charge is -2.23. The van der Waals surface area contributed by atoms with Crippen molar-refractivity contribution in [2.45, 2.75) is 13.1 Å². The number of aromatic nitrogens is 3. The van der Waals surface area contributed by atoms with E-state index in [0.29, 0.717) is 33.8 Å². The number of methoxy groups -OCH3 is 2. The minimum absolute atomic E-state index is 0.135. The SMILES string of the molecule is COc1ccc(CN(Cc2cn(-c3ccc(I)cc3)nc2-c2cccnc2)C(=O)c2ccc(Cl)s2)c(OC)c1. The summed E-state index contributed by atoms with van der Waals surface area (Å²) < 4.78 is 14.5. The van der Waals surface area contributed by atoms with E-state index in [9.17, 15) is 4.79 Å². The van der Waals surface area contributed by atoms with Gasteiger partial charge in [0.25, 0.3) is 5.91 Å². The van der Waals surface area contributed by atoms with Crippen molar-refractivity contribution in [2.24, 2.45) is 0 Å². The largest absolute Gasteiger partial charge is 0.497 e. The van der Waals surface area contributed by atoms with Gasteiger partial charge < -0.3 is 14.4 Å². The van der Waals surface area contributed by atoms with E-state index in [1.807, 2.05) is 65.5 Å². The maximum absolute atomic E-state index is 13.8. The van der Waals surface area contributed by atoms with Gasteiger partial charge in [0.05, 0.1) is 47.9 Å². The van der Waals surface area contributed by atoms with Crippen molar-refractivity contribution in [3.05, 3.63) is 109 Å². The zero-order valence-corrected chi connectivity index (χ0v) is 24.9. The van der Waals surface area contributed by atoms with Crippen LogP contribution >= 0.6 is 45.5 Å². The summed E-state index contributed by atoms with van der Waals surface area (Å²) in [6, 6.07) is 21.0. The van der Waals surface area contributed by atoms with Crippen molar-refractivity contribution in [1.82, 2.24) is 19.7 Å². The first kappa shape index (κ1) is 27.2. The number of carbonyl (C=O) groups excluding carboxylic acids is 1. The Kier molecular flexibility index (Phi) is 8.49. The zero-order valence-electron chi connectivity index (χ0n) is 21.2. The number of thiophene rings is 1. The Morgan fingerprint density at radius 2 is 1.82 bits per heavy atom. The molecule has 0 N–H and O–H groups in total. The molecule has 10 heteroatoms. The molecule has 0 radical (unpaired) electrons. The second kappa shape index (κ2) is 12.2. The number of hydrogen-bond donors (Lipinski definition) is 0. The first-order chi connectivity index (χ1) is 18.9. The quantitative estimate of drug-likeness (QED) is 0.156. The van der Waals surface area contributed by atoms with Crippen molar-refractivity contribution in [3.8, 4) is 28.4 Å². The molecule has 0 aliphatic rings. The van der Waals surface area contributed by atoms with E-state index in [0.717, 1.165) is 31.6 Å². The highest BCUT2D eigenvalue weighted by Gasteiger charge is 2.23. The number of ether oxygens (including phenoxy) is 2. The molecular weight excluding hydrogens is 647 g/mol. The monoisotopic (exact) mass is 670 g/mol. The van der Waals surface area contributed by atoms with Crippen LogP contribution in [0.1, 0.15) is 20.8 Å². The van der Waals surface area contributed by atoms with Gasteiger partial charge in [-0.3, -0.25) is 9.78 Å². The third-order valence-electron chi connectivity index (χ3n) is 6.10. The average molecular weight is 671 g/mol. The maximum atomic E-state index is 13.8. The van der Waals surface area contributed by atoms with Gasteiger partial charge in [-0.05, 0) is 83.3 Å². The molecule has 39 heavy (non-hydrogen) atoms. The van der Waals surface area contributed by atoms with Gasteiger partial charge in [-0.25, -0.2) is 4.68 Å². The molecular formula is C29H24ClIN4O3S. The van der Waals surface area contributed by atoms with Gasteiger partial charge in [-0.2, -0.15) is 5.10 Å². The van der Waals surface area contributed by atoms with Gasteiger partial charge in [0.2, 0.25) is 0 Å². The number of nitrogens with zero attached hydrogens (tertiary/aromatic N) is 4. The summed E-state index contributed by atoms with van der Waals surface area (Å²) in [6.45, 7) is 0.612. The summed E-state index contributed by atoms with van der Waals surface area (Å²) in [5, 5.41) is 4.91. The third kappa shape index (κ3) is 6.26. The van der Waals surface area contributed by atoms with Crippen LogP contribution in [0.2, 0.25) is 4.34 Å². The second-order valence-corrected chi connectivity index (χ2v) is 11.6. The van der Waals surface area contributed by atoms with Gasteiger partial charge >= 0.3 is 0 Å². The van der Waals surface area contributed by atoms with E-state index in [1.54, 1.807) is 43.6 Å². The van der Waals surface area contributed by atoms with Crippen LogP contribution in [0.15, 0.2) is 85.3 Å². The van der Waals surface area contributed by atoms with E-state index in [1.165, 1.54) is 11.3 Å². The lowest BCUT2D eigenvalue weighted by molar-refractivity contribution is 0.0734. The summed E-state index contributed by atoms with van der Waals surface area (Å²) in [4.78, 5) is 20.5. The number of halogens is 2. The number of hydrogen-bond acceptors (Lipinski definition) is 6. The van der Waals surface area contributed by atoms with Crippen LogP contribution in [0, 0.1) is 3.57 Å². The van der Waals surface area contributed by atoms with Crippen LogP contribution in [0.5, 0.6) is 11.5 Å². The second-order valence-electron chi connectivity index (χ2n) is 8.61. The molecule has 0 atom stereocenters. The fraction of sp³-hybridized carbons (Fsp3) is 0.138. The normalized spacial score (nSPS) is 10.9. The Labute approximate surface area is 249 Å². The molecule has 0 spiro atoms. The molecule has 1 amide bonds. The molecule has 5 rings (SSSR count). The van der Waals surface area contributed by atoms with Crippen molar-refractivity contribution in [1.29, 1.82) is 0 Å². The Hall–Kier alpha value is -3.41. The molecule has 0 saturated heterocycles. The van der Waals surface area contributed by atoms with Gasteiger partial charge in [0.1, 0.15) is 11.5 Å². The molecule has 0 bridgehead atoms. The highest BCUT2D eigenvalue weighted by atomic mass is 127. The Morgan fingerprint density at radius 3 is 2.49 bits per heavy atom. The van der Waals surface area contributed by atoms with E-state index in [2.05, 4.69) is 27.6 Å². The third-order valence-corrected chi connectivity index (χ3v) is 8.04. The summed E-state index contributed by atoms with van der Waals surface area (Å²) in [6.07, 6.45) is 5.48. The van der Waals surface area contributed by atoms with Crippen LogP contribution in [0.25, 0.3) is 16.9 Å². The first-order valence-electron chi connectivity index (χ1n) is 12.0. The Balaban J connectivity index is 1.57. The number of carbonyl (C=O) groups is 1. The van der Waals surface area contributed by atoms with Crippen molar-refractivity contribution in [2.75, 3.05) is 14.2 Å². The van der Waals surface area contributed by atoms with E-state index in [-0.39, 0.29) is 5.91 Å². The van der Waals surface area contributed by atoms with Gasteiger partial charge in [0, 0.05) is 44.9 Å². The molecule has 2 aromatic carbocycles. The standard InChI is InChI=1S/C29H24ClIN4O3S/c1-37-24-10-5-20(25(14-24)38-2)16-34(29(36)26-11-12-27(30)39-26)17-21-18-35(23-8-6-22(31)7-9-23)33-28(21)19-4-3-13-32-15-19/h3-15,18H,16-17H2,1-2H3. The summed E-state index contributed by atoms with van der Waals surface area (Å²) in [5.74, 6) is 1.18. The molecule has 0 aliphatic carbocycles. The number of amides is 1. The lowest BCUT2D eigenvalue weighted by atomic mass is 10.1. The Morgan fingerprint density at radius 1 is 1.03 bits per heavy atom. The van der Waals surface area contributed by atoms with E-state index >= 15 is 0 Å². The van der Waals surface area contributed by atoms with Crippen molar-refractivity contribution in [3.63, 3.8) is 0 Å². The average Bonchev–Trinajstić information content (AvgIpc) is 3.59. The predicted molar refractivity (Wildman–Crippen MR) is 162 cm³/mol. The molecule has 3 aromatic heterocycles. The summed E-state index contributed by atoms with van der Waals surface area (Å²) in [5.41, 5.74) is 4.27. The zero-order chi connectivity index (χ0) is 27.4. The number of benzene rings is 2. The minimum atomic E-state index is -0.135. The number of rotatable bonds is 9. The Bertz CT molecular complexity index is 1590. The molecule has 7 nitrogen and oxygen atoms in total. The lowest BCUT2D eigenvalue weighted by Crippen LogP contribution is -2.29. The van der Waals surface area contributed by atoms with Crippen LogP contribution in [-0.2, 0) is 13.1 Å². The van der Waals surface area contributed by atoms with Crippen LogP contribution in [0.3, 0.4) is 0 Å². The summed E-state index contributed by atoms with van der Waals surface area (Å²) >= 11 is 9.73. The molecule has 0 aliphatic heterocycles. The minimum Gasteiger partial charge on any atom is -0.497 e. The van der Waals surface area contributed by atoms with E-state index < -0.39 is 0 Å². The fourth-order valence-corrected chi connectivity index (χ4v) is 5.55. The summed E-state index contributed by atoms with van der Waals surface area (Å²) in [7, 11) is 3.21. The molecule has 0 fully saturated rings. The molecule has 5 aromatic rings. The van der Waals surface area contributed by atoms with Crippen molar-refractivity contribution >= 4 is 51.4 Å². The van der Waals surface area contributed by atoms with Crippen LogP contribution in [-0.4, -0.2) is 39.8 Å². The molecule has 198 valence electrons. The molecule has 0 unspecified atom stereocenters.